The summed E-state index contributed by atoms with van der Waals surface area (Å²) in [7, 11) is 3.25. The predicted octanol–water partition coefficient (Wildman–Crippen LogP) is -0.718. The molecule has 0 bridgehead atoms. The Morgan fingerprint density at radius 2 is 1.45 bits per heavy atom. The molecule has 1 heterocycles. The Labute approximate surface area is 122 Å². The van der Waals surface area contributed by atoms with Gasteiger partial charge in [-0.2, -0.15) is 0 Å². The van der Waals surface area contributed by atoms with Crippen LogP contribution in [0.1, 0.15) is 13.8 Å². The summed E-state index contributed by atoms with van der Waals surface area (Å²) in [6.45, 7) is 9.99. The van der Waals surface area contributed by atoms with E-state index in [1.165, 1.54) is 0 Å². The minimum atomic E-state index is -1.02. The van der Waals surface area contributed by atoms with Gasteiger partial charge in [0.15, 0.2) is 0 Å². The fraction of sp³-hybridized carbons (Fsp3) is 1.00. The van der Waals surface area contributed by atoms with Gasteiger partial charge < -0.3 is 25.2 Å². The van der Waals surface area contributed by atoms with Crippen LogP contribution in [0.2, 0.25) is 0 Å². The van der Waals surface area contributed by atoms with Crippen molar-refractivity contribution in [3.8, 4) is 0 Å². The van der Waals surface area contributed by atoms with E-state index in [9.17, 15) is 5.11 Å². The highest BCUT2D eigenvalue weighted by Gasteiger charge is 2.41. The molecule has 1 aliphatic rings. The quantitative estimate of drug-likeness (QED) is 0.600. The highest BCUT2D eigenvalue weighted by molar-refractivity contribution is 4.94. The molecule has 3 N–H and O–H groups in total. The number of nitrogens with zero attached hydrogens (tertiary/aromatic N) is 1. The maximum atomic E-state index is 11.0. The first-order valence-corrected chi connectivity index (χ1v) is 7.46. The third-order valence-electron chi connectivity index (χ3n) is 4.28. The van der Waals surface area contributed by atoms with Crippen molar-refractivity contribution < 1.29 is 14.6 Å². The van der Waals surface area contributed by atoms with E-state index in [4.69, 9.17) is 9.47 Å². The van der Waals surface area contributed by atoms with E-state index in [0.717, 1.165) is 39.3 Å². The molecule has 2 unspecified atom stereocenters. The first-order valence-electron chi connectivity index (χ1n) is 7.46. The Balaban J connectivity index is 2.70. The monoisotopic (exact) mass is 289 g/mol. The smallest absolute Gasteiger partial charge is 0.129 e. The summed E-state index contributed by atoms with van der Waals surface area (Å²) >= 11 is 0. The molecule has 6 nitrogen and oxygen atoms in total. The first kappa shape index (κ1) is 17.8. The number of rotatable bonds is 6. The molecule has 20 heavy (non-hydrogen) atoms. The lowest BCUT2D eigenvalue weighted by atomic mass is 9.90. The molecule has 1 aliphatic heterocycles. The molecule has 1 rings (SSSR count). The van der Waals surface area contributed by atoms with Gasteiger partial charge >= 0.3 is 0 Å². The zero-order chi connectivity index (χ0) is 15.0. The van der Waals surface area contributed by atoms with Gasteiger partial charge in [0.05, 0.1) is 12.2 Å². The molecule has 6 heteroatoms. The Morgan fingerprint density at radius 1 is 1.00 bits per heavy atom. The van der Waals surface area contributed by atoms with E-state index >= 15 is 0 Å². The molecule has 0 aromatic rings. The van der Waals surface area contributed by atoms with Crippen LogP contribution in [0.25, 0.3) is 0 Å². The van der Waals surface area contributed by atoms with Crippen LogP contribution in [0.15, 0.2) is 0 Å². The van der Waals surface area contributed by atoms with Crippen molar-refractivity contribution in [2.24, 2.45) is 0 Å². The van der Waals surface area contributed by atoms with Crippen LogP contribution in [-0.2, 0) is 9.47 Å². The molecule has 0 aromatic carbocycles. The Kier molecular flexibility index (Phi) is 7.94. The maximum absolute atomic E-state index is 11.0. The summed E-state index contributed by atoms with van der Waals surface area (Å²) in [4.78, 5) is 2.26. The van der Waals surface area contributed by atoms with Gasteiger partial charge in [0, 0.05) is 60.0 Å². The van der Waals surface area contributed by atoms with Crippen LogP contribution in [0.3, 0.4) is 0 Å². The molecule has 2 atom stereocenters. The van der Waals surface area contributed by atoms with Gasteiger partial charge in [-0.25, -0.2) is 0 Å². The Bertz CT molecular complexity index is 246. The Hall–Kier alpha value is -0.240. The second-order valence-electron chi connectivity index (χ2n) is 5.52. The van der Waals surface area contributed by atoms with E-state index in [0.29, 0.717) is 6.54 Å². The predicted molar refractivity (Wildman–Crippen MR) is 80.1 cm³/mol. The van der Waals surface area contributed by atoms with E-state index in [1.54, 1.807) is 14.2 Å². The van der Waals surface area contributed by atoms with Gasteiger partial charge in [-0.05, 0) is 13.8 Å². The summed E-state index contributed by atoms with van der Waals surface area (Å²) in [5.41, 5.74) is -1.02. The number of β-amino-alcohol motifs (C(OH)–C–C–N with tert-alkyl or cyclic N) is 1. The minimum Gasteiger partial charge on any atom is -0.383 e. The first-order chi connectivity index (χ1) is 9.54. The molecule has 120 valence electrons. The third-order valence-corrected chi connectivity index (χ3v) is 4.28. The van der Waals surface area contributed by atoms with Crippen molar-refractivity contribution in [1.82, 2.24) is 15.5 Å². The maximum Gasteiger partial charge on any atom is 0.129 e. The molecule has 0 aromatic heterocycles. The van der Waals surface area contributed by atoms with Gasteiger partial charge in [-0.15, -0.1) is 0 Å². The van der Waals surface area contributed by atoms with E-state index in [2.05, 4.69) is 15.5 Å². The zero-order valence-electron chi connectivity index (χ0n) is 13.3. The molecule has 0 radical (unpaired) electrons. The topological polar surface area (TPSA) is 66.0 Å². The van der Waals surface area contributed by atoms with Gasteiger partial charge in [0.25, 0.3) is 0 Å². The molecule has 0 amide bonds. The van der Waals surface area contributed by atoms with Crippen molar-refractivity contribution in [2.45, 2.75) is 31.7 Å². The number of ether oxygens (including phenoxy) is 2. The highest BCUT2D eigenvalue weighted by atomic mass is 16.5. The van der Waals surface area contributed by atoms with Crippen molar-refractivity contribution in [3.63, 3.8) is 0 Å². The number of hydrogen-bond donors (Lipinski definition) is 3. The summed E-state index contributed by atoms with van der Waals surface area (Å²) in [6.07, 6.45) is -0.572. The molecule has 1 saturated heterocycles. The van der Waals surface area contributed by atoms with E-state index in [1.807, 2.05) is 13.8 Å². The molecule has 1 fully saturated rings. The second-order valence-corrected chi connectivity index (χ2v) is 5.52. The van der Waals surface area contributed by atoms with Gasteiger partial charge in [0.2, 0.25) is 0 Å². The number of hydrogen-bond acceptors (Lipinski definition) is 6. The lowest BCUT2D eigenvalue weighted by molar-refractivity contribution is -0.165. The molecule has 0 saturated carbocycles. The summed E-state index contributed by atoms with van der Waals surface area (Å²) in [5.74, 6) is 0. The van der Waals surface area contributed by atoms with Crippen LogP contribution in [0.5, 0.6) is 0 Å². The van der Waals surface area contributed by atoms with Crippen molar-refractivity contribution in [2.75, 3.05) is 60.0 Å². The number of aliphatic hydroxyl groups is 1. The number of nitrogens with one attached hydrogen (secondary N) is 2. The fourth-order valence-corrected chi connectivity index (χ4v) is 2.53. The van der Waals surface area contributed by atoms with Crippen molar-refractivity contribution in [1.29, 1.82) is 0 Å². The van der Waals surface area contributed by atoms with Crippen LogP contribution < -0.4 is 10.6 Å². The van der Waals surface area contributed by atoms with Crippen LogP contribution >= 0.6 is 0 Å². The highest BCUT2D eigenvalue weighted by Crippen LogP contribution is 2.22. The van der Waals surface area contributed by atoms with Gasteiger partial charge in [0.1, 0.15) is 5.60 Å². The molecule has 0 aliphatic carbocycles. The van der Waals surface area contributed by atoms with E-state index < -0.39 is 5.60 Å². The fourth-order valence-electron chi connectivity index (χ4n) is 2.53. The summed E-state index contributed by atoms with van der Waals surface area (Å²) in [5, 5.41) is 17.8. The number of methoxy groups -OCH3 is 2. The SMILES string of the molecule is COC(C)C(O)(CN1CCNCCNCC1)C(C)OC. The van der Waals surface area contributed by atoms with Gasteiger partial charge in [-0.3, -0.25) is 4.90 Å². The van der Waals surface area contributed by atoms with Crippen LogP contribution in [0.4, 0.5) is 0 Å². The third kappa shape index (κ3) is 4.95. The summed E-state index contributed by atoms with van der Waals surface area (Å²) in [6, 6.07) is 0. The van der Waals surface area contributed by atoms with E-state index in [-0.39, 0.29) is 12.2 Å². The largest absolute Gasteiger partial charge is 0.383 e. The van der Waals surface area contributed by atoms with Crippen molar-refractivity contribution in [3.05, 3.63) is 0 Å². The molecule has 0 spiro atoms. The average molecular weight is 289 g/mol. The van der Waals surface area contributed by atoms with Crippen LogP contribution in [0, 0.1) is 0 Å². The lowest BCUT2D eigenvalue weighted by Gasteiger charge is -2.41. The van der Waals surface area contributed by atoms with Crippen molar-refractivity contribution >= 4 is 0 Å². The molecular formula is C14H31N3O3. The Morgan fingerprint density at radius 3 is 1.85 bits per heavy atom. The zero-order valence-corrected chi connectivity index (χ0v) is 13.3. The summed E-state index contributed by atoms with van der Waals surface area (Å²) < 4.78 is 10.7. The second kappa shape index (κ2) is 8.92. The lowest BCUT2D eigenvalue weighted by Crippen LogP contribution is -2.59. The van der Waals surface area contributed by atoms with Crippen LogP contribution in [-0.4, -0.2) is 87.8 Å². The minimum absolute atomic E-state index is 0.286. The normalized spacial score (nSPS) is 25.1. The van der Waals surface area contributed by atoms with Gasteiger partial charge in [-0.1, -0.05) is 0 Å². The average Bonchev–Trinajstić information content (AvgIpc) is 2.59. The standard InChI is InChI=1S/C14H31N3O3/c1-12(19-3)14(18,13(2)20-4)11-17-9-7-15-5-6-16-8-10-17/h12-13,15-16,18H,5-11H2,1-4H3. The molecular weight excluding hydrogens is 258 g/mol.